The second-order valence-electron chi connectivity index (χ2n) is 6.04. The minimum absolute atomic E-state index is 0.212. The molecule has 0 saturated heterocycles. The van der Waals surface area contributed by atoms with E-state index < -0.39 is 5.76 Å². The van der Waals surface area contributed by atoms with Gasteiger partial charge in [0, 0.05) is 12.0 Å². The van der Waals surface area contributed by atoms with E-state index in [9.17, 15) is 9.59 Å². The highest BCUT2D eigenvalue weighted by Gasteiger charge is 2.13. The summed E-state index contributed by atoms with van der Waals surface area (Å²) >= 11 is 0. The average Bonchev–Trinajstić information content (AvgIpc) is 3.05. The smallest absolute Gasteiger partial charge is 0.407 e. The van der Waals surface area contributed by atoms with Gasteiger partial charge in [-0.15, -0.1) is 0 Å². The number of rotatable bonds is 7. The Morgan fingerprint density at radius 1 is 0.880 bits per heavy atom. The van der Waals surface area contributed by atoms with Crippen LogP contribution in [0.5, 0.6) is 0 Å². The lowest BCUT2D eigenvalue weighted by atomic mass is 10.1. The Morgan fingerprint density at radius 2 is 1.56 bits per heavy atom. The molecule has 0 atom stereocenters. The van der Waals surface area contributed by atoms with Crippen LogP contribution in [-0.4, -0.2) is 10.5 Å². The van der Waals surface area contributed by atoms with Gasteiger partial charge in [-0.3, -0.25) is 4.79 Å². The molecule has 0 N–H and O–H groups in total. The van der Waals surface area contributed by atoms with Crippen molar-refractivity contribution in [2.75, 3.05) is 0 Å². The molecule has 1 heterocycles. The van der Waals surface area contributed by atoms with Crippen LogP contribution in [0, 0.1) is 0 Å². The maximum absolute atomic E-state index is 12.2. The number of carbonyl (C=O) groups excluding carboxylic acids is 1. The van der Waals surface area contributed by atoms with Crippen molar-refractivity contribution in [1.29, 1.82) is 0 Å². The topological polar surface area (TPSA) is 52.2 Å². The molecule has 0 bridgehead atoms. The van der Waals surface area contributed by atoms with Gasteiger partial charge >= 0.3 is 5.76 Å². The van der Waals surface area contributed by atoms with E-state index in [1.165, 1.54) is 11.8 Å². The molecular weight excluding hydrogens is 314 g/mol. The number of nitrogens with zero attached hydrogens (tertiary/aromatic N) is 1. The van der Waals surface area contributed by atoms with Gasteiger partial charge in [-0.2, -0.15) is 0 Å². The monoisotopic (exact) mass is 335 g/mol. The maximum Gasteiger partial charge on any atom is 0.426 e. The number of hydrogen-bond acceptors (Lipinski definition) is 3. The molecule has 1 aromatic heterocycles. The van der Waals surface area contributed by atoms with Gasteiger partial charge in [-0.05, 0) is 24.8 Å². The lowest BCUT2D eigenvalue weighted by Crippen LogP contribution is -2.21. The summed E-state index contributed by atoms with van der Waals surface area (Å²) in [4.78, 5) is 24.2. The molecule has 25 heavy (non-hydrogen) atoms. The maximum atomic E-state index is 12.2. The van der Waals surface area contributed by atoms with Crippen molar-refractivity contribution in [3.63, 3.8) is 0 Å². The summed E-state index contributed by atoms with van der Waals surface area (Å²) < 4.78 is 6.28. The lowest BCUT2D eigenvalue weighted by Gasteiger charge is -2.02. The quantitative estimate of drug-likeness (QED) is 0.595. The third-order valence-electron chi connectivity index (χ3n) is 4.17. The van der Waals surface area contributed by atoms with Crippen LogP contribution in [-0.2, 0) is 6.42 Å². The number of hydrogen-bond donors (Lipinski definition) is 0. The van der Waals surface area contributed by atoms with Crippen molar-refractivity contribution < 1.29 is 9.21 Å². The SMILES string of the molecule is O=C(CCCCCc1ccccc1)n1cc(-c2ccccc2)oc1=O. The summed E-state index contributed by atoms with van der Waals surface area (Å²) in [5.74, 6) is -0.410. The van der Waals surface area contributed by atoms with Gasteiger partial charge < -0.3 is 4.42 Å². The van der Waals surface area contributed by atoms with Gasteiger partial charge in [0.2, 0.25) is 5.91 Å². The Kier molecular flexibility index (Phi) is 5.62. The molecule has 0 aliphatic rings. The fourth-order valence-electron chi connectivity index (χ4n) is 2.80. The predicted molar refractivity (Wildman–Crippen MR) is 97.6 cm³/mol. The summed E-state index contributed by atoms with van der Waals surface area (Å²) in [6, 6.07) is 19.6. The van der Waals surface area contributed by atoms with Crippen molar-refractivity contribution in [2.24, 2.45) is 0 Å². The fraction of sp³-hybridized carbons (Fsp3) is 0.238. The van der Waals surface area contributed by atoms with Gasteiger partial charge in [0.15, 0.2) is 5.76 Å². The summed E-state index contributed by atoms with van der Waals surface area (Å²) in [5.41, 5.74) is 2.10. The van der Waals surface area contributed by atoms with Crippen LogP contribution in [0.3, 0.4) is 0 Å². The number of oxazole rings is 1. The van der Waals surface area contributed by atoms with E-state index in [2.05, 4.69) is 12.1 Å². The minimum atomic E-state index is -0.617. The van der Waals surface area contributed by atoms with Crippen molar-refractivity contribution in [2.45, 2.75) is 32.1 Å². The highest BCUT2D eigenvalue weighted by Crippen LogP contribution is 2.17. The van der Waals surface area contributed by atoms with Crippen LogP contribution in [0.1, 0.15) is 36.0 Å². The number of unbranched alkanes of at least 4 members (excludes halogenated alkanes) is 2. The molecular formula is C21H21NO3. The second kappa shape index (κ2) is 8.29. The first kappa shape index (κ1) is 17.0. The zero-order chi connectivity index (χ0) is 17.5. The molecule has 4 nitrogen and oxygen atoms in total. The van der Waals surface area contributed by atoms with Crippen molar-refractivity contribution in [3.05, 3.63) is 83.0 Å². The van der Waals surface area contributed by atoms with Gasteiger partial charge in [-0.25, -0.2) is 9.36 Å². The predicted octanol–water partition coefficient (Wildman–Crippen LogP) is 4.55. The minimum Gasteiger partial charge on any atom is -0.407 e. The fourth-order valence-corrected chi connectivity index (χ4v) is 2.80. The summed E-state index contributed by atoms with van der Waals surface area (Å²) in [5, 5.41) is 0. The van der Waals surface area contributed by atoms with Crippen LogP contribution in [0.2, 0.25) is 0 Å². The molecule has 3 aromatic rings. The molecule has 3 rings (SSSR count). The third kappa shape index (κ3) is 4.57. The number of aromatic nitrogens is 1. The highest BCUT2D eigenvalue weighted by molar-refractivity contribution is 5.79. The molecule has 0 saturated carbocycles. The molecule has 128 valence electrons. The van der Waals surface area contributed by atoms with Crippen molar-refractivity contribution in [3.8, 4) is 11.3 Å². The number of aryl methyl sites for hydroxylation is 1. The van der Waals surface area contributed by atoms with Crippen molar-refractivity contribution >= 4 is 5.91 Å². The van der Waals surface area contributed by atoms with Crippen LogP contribution >= 0.6 is 0 Å². The average molecular weight is 335 g/mol. The zero-order valence-electron chi connectivity index (χ0n) is 14.1. The number of carbonyl (C=O) groups is 1. The summed E-state index contributed by atoms with van der Waals surface area (Å²) in [6.45, 7) is 0. The first-order chi connectivity index (χ1) is 12.2. The van der Waals surface area contributed by atoms with E-state index in [0.29, 0.717) is 12.2 Å². The molecule has 0 unspecified atom stereocenters. The Balaban J connectivity index is 1.50. The molecule has 0 aliphatic heterocycles. The first-order valence-corrected chi connectivity index (χ1v) is 8.59. The van der Waals surface area contributed by atoms with E-state index in [4.69, 9.17) is 4.42 Å². The normalized spacial score (nSPS) is 10.7. The van der Waals surface area contributed by atoms with Crippen LogP contribution in [0.4, 0.5) is 0 Å². The van der Waals surface area contributed by atoms with E-state index in [0.717, 1.165) is 35.8 Å². The van der Waals surface area contributed by atoms with E-state index in [1.807, 2.05) is 48.5 Å². The molecule has 0 radical (unpaired) electrons. The molecule has 0 aliphatic carbocycles. The van der Waals surface area contributed by atoms with Crippen LogP contribution in [0.15, 0.2) is 76.1 Å². The Morgan fingerprint density at radius 3 is 2.28 bits per heavy atom. The largest absolute Gasteiger partial charge is 0.426 e. The molecule has 2 aromatic carbocycles. The standard InChI is InChI=1S/C21H21NO3/c23-20(15-9-2-6-12-17-10-4-1-5-11-17)22-16-19(25-21(22)24)18-13-7-3-8-14-18/h1,3-5,7-8,10-11,13-14,16H,2,6,9,12,15H2. The van der Waals surface area contributed by atoms with E-state index in [-0.39, 0.29) is 5.91 Å². The van der Waals surface area contributed by atoms with Gasteiger partial charge in [0.25, 0.3) is 0 Å². The third-order valence-corrected chi connectivity index (χ3v) is 4.17. The van der Waals surface area contributed by atoms with Gasteiger partial charge in [-0.1, -0.05) is 67.1 Å². The summed E-state index contributed by atoms with van der Waals surface area (Å²) in [6.07, 6.45) is 5.61. The van der Waals surface area contributed by atoms with E-state index in [1.54, 1.807) is 0 Å². The lowest BCUT2D eigenvalue weighted by molar-refractivity contribution is 0.0890. The molecule has 0 fully saturated rings. The first-order valence-electron chi connectivity index (χ1n) is 8.59. The number of benzene rings is 2. The van der Waals surface area contributed by atoms with Gasteiger partial charge in [0.1, 0.15) is 0 Å². The zero-order valence-corrected chi connectivity index (χ0v) is 14.1. The summed E-state index contributed by atoms with van der Waals surface area (Å²) in [7, 11) is 0. The van der Waals surface area contributed by atoms with Crippen LogP contribution < -0.4 is 5.76 Å². The Hall–Kier alpha value is -2.88. The molecule has 0 spiro atoms. The Labute approximate surface area is 146 Å². The second-order valence-corrected chi connectivity index (χ2v) is 6.04. The molecule has 0 amide bonds. The van der Waals surface area contributed by atoms with Crippen molar-refractivity contribution in [1.82, 2.24) is 4.57 Å². The molecule has 4 heteroatoms. The Bertz CT molecular complexity index is 863. The van der Waals surface area contributed by atoms with Crippen LogP contribution in [0.25, 0.3) is 11.3 Å². The van der Waals surface area contributed by atoms with Gasteiger partial charge in [0.05, 0.1) is 6.20 Å². The van der Waals surface area contributed by atoms with E-state index >= 15 is 0 Å². The highest BCUT2D eigenvalue weighted by atomic mass is 16.4.